The molecule has 22 heavy (non-hydrogen) atoms. The van der Waals surface area contributed by atoms with Crippen molar-refractivity contribution in [2.75, 3.05) is 5.32 Å². The molecule has 2 aromatic rings. The molecule has 0 fully saturated rings. The average Bonchev–Trinajstić information content (AvgIpc) is 2.41. The number of nitrogens with one attached hydrogen (secondary N) is 1. The topological polar surface area (TPSA) is 89.3 Å². The highest BCUT2D eigenvalue weighted by Gasteiger charge is 2.16. The van der Waals surface area contributed by atoms with Crippen LogP contribution in [0.2, 0.25) is 5.02 Å². The van der Waals surface area contributed by atoms with Crippen LogP contribution in [-0.4, -0.2) is 14.3 Å². The first-order valence-electron chi connectivity index (χ1n) is 6.08. The second kappa shape index (κ2) is 6.37. The van der Waals surface area contributed by atoms with Crippen LogP contribution in [0.4, 0.5) is 5.69 Å². The van der Waals surface area contributed by atoms with Gasteiger partial charge in [0, 0.05) is 15.2 Å². The number of hydrogen-bond donors (Lipinski definition) is 2. The van der Waals surface area contributed by atoms with Gasteiger partial charge in [0.1, 0.15) is 0 Å². The van der Waals surface area contributed by atoms with Gasteiger partial charge in [-0.3, -0.25) is 4.79 Å². The van der Waals surface area contributed by atoms with Crippen molar-refractivity contribution in [3.63, 3.8) is 0 Å². The Morgan fingerprint density at radius 3 is 2.50 bits per heavy atom. The van der Waals surface area contributed by atoms with E-state index in [0.717, 1.165) is 5.56 Å². The molecule has 1 amide bonds. The number of primary sulfonamides is 1. The fourth-order valence-electron chi connectivity index (χ4n) is 1.81. The van der Waals surface area contributed by atoms with Crippen molar-refractivity contribution in [2.45, 2.75) is 11.8 Å². The monoisotopic (exact) mass is 402 g/mol. The van der Waals surface area contributed by atoms with Crippen LogP contribution in [0, 0.1) is 6.92 Å². The molecule has 0 saturated heterocycles. The van der Waals surface area contributed by atoms with E-state index in [1.165, 1.54) is 18.2 Å². The number of rotatable bonds is 3. The summed E-state index contributed by atoms with van der Waals surface area (Å²) in [6, 6.07) is 9.05. The van der Waals surface area contributed by atoms with Crippen molar-refractivity contribution >= 4 is 49.1 Å². The van der Waals surface area contributed by atoms with Crippen LogP contribution in [0.1, 0.15) is 15.9 Å². The first kappa shape index (κ1) is 17.0. The normalized spacial score (nSPS) is 11.3. The third kappa shape index (κ3) is 3.86. The van der Waals surface area contributed by atoms with Crippen LogP contribution in [0.25, 0.3) is 0 Å². The molecule has 0 aliphatic rings. The highest BCUT2D eigenvalue weighted by atomic mass is 79.9. The lowest BCUT2D eigenvalue weighted by Gasteiger charge is -2.10. The largest absolute Gasteiger partial charge is 0.322 e. The molecule has 2 rings (SSSR count). The molecule has 0 radical (unpaired) electrons. The van der Waals surface area contributed by atoms with Crippen LogP contribution in [-0.2, 0) is 10.0 Å². The van der Waals surface area contributed by atoms with E-state index in [1.54, 1.807) is 25.1 Å². The van der Waals surface area contributed by atoms with Crippen molar-refractivity contribution in [3.05, 3.63) is 57.0 Å². The molecule has 2 aromatic carbocycles. The molecule has 0 aromatic heterocycles. The third-order valence-corrected chi connectivity index (χ3v) is 4.79. The zero-order valence-corrected chi connectivity index (χ0v) is 14.6. The lowest BCUT2D eigenvalue weighted by molar-refractivity contribution is 0.102. The Kier molecular flexibility index (Phi) is 4.91. The smallest absolute Gasteiger partial charge is 0.256 e. The van der Waals surface area contributed by atoms with Crippen LogP contribution in [0.5, 0.6) is 0 Å². The predicted octanol–water partition coefficient (Wildman–Crippen LogP) is 3.31. The molecular formula is C14H12BrClN2O3S. The number of sulfonamides is 1. The molecule has 0 heterocycles. The highest BCUT2D eigenvalue weighted by Crippen LogP contribution is 2.24. The molecule has 3 N–H and O–H groups in total. The van der Waals surface area contributed by atoms with Crippen molar-refractivity contribution in [1.29, 1.82) is 0 Å². The lowest BCUT2D eigenvalue weighted by atomic mass is 10.1. The first-order chi connectivity index (χ1) is 10.2. The van der Waals surface area contributed by atoms with Crippen molar-refractivity contribution in [3.8, 4) is 0 Å². The van der Waals surface area contributed by atoms with E-state index in [9.17, 15) is 13.2 Å². The Balaban J connectivity index is 2.37. The first-order valence-corrected chi connectivity index (χ1v) is 8.80. The highest BCUT2D eigenvalue weighted by molar-refractivity contribution is 9.10. The minimum Gasteiger partial charge on any atom is -0.322 e. The van der Waals surface area contributed by atoms with Crippen molar-refractivity contribution < 1.29 is 13.2 Å². The molecule has 0 bridgehead atoms. The SMILES string of the molecule is Cc1cc(Cl)ccc1NC(=O)c1cc(S(N)(=O)=O)ccc1Br. The Morgan fingerprint density at radius 2 is 1.91 bits per heavy atom. The Morgan fingerprint density at radius 1 is 1.23 bits per heavy atom. The fourth-order valence-corrected chi connectivity index (χ4v) is 3.01. The molecule has 0 aliphatic carbocycles. The van der Waals surface area contributed by atoms with E-state index in [-0.39, 0.29) is 10.5 Å². The van der Waals surface area contributed by atoms with Crippen molar-refractivity contribution in [2.24, 2.45) is 5.14 Å². The summed E-state index contributed by atoms with van der Waals surface area (Å²) in [5, 5.41) is 8.35. The van der Waals surface area contributed by atoms with Gasteiger partial charge in [-0.2, -0.15) is 0 Å². The Hall–Kier alpha value is -1.41. The molecule has 0 aliphatic heterocycles. The van der Waals surface area contributed by atoms with Crippen molar-refractivity contribution in [1.82, 2.24) is 0 Å². The zero-order valence-electron chi connectivity index (χ0n) is 11.4. The number of carbonyl (C=O) groups is 1. The van der Waals surface area contributed by atoms with Crippen LogP contribution in [0.3, 0.4) is 0 Å². The number of aryl methyl sites for hydroxylation is 1. The van der Waals surface area contributed by atoms with Gasteiger partial charge >= 0.3 is 0 Å². The van der Waals surface area contributed by atoms with Crippen LogP contribution < -0.4 is 10.5 Å². The molecule has 0 saturated carbocycles. The molecule has 8 heteroatoms. The minimum atomic E-state index is -3.88. The third-order valence-electron chi connectivity index (χ3n) is 2.95. The maximum Gasteiger partial charge on any atom is 0.256 e. The van der Waals surface area contributed by atoms with Gasteiger partial charge in [-0.05, 0) is 64.8 Å². The Labute approximate surface area is 141 Å². The minimum absolute atomic E-state index is 0.131. The maximum absolute atomic E-state index is 12.3. The second-order valence-corrected chi connectivity index (χ2v) is 7.45. The number of carbonyl (C=O) groups excluding carboxylic acids is 1. The van der Waals surface area contributed by atoms with E-state index in [1.807, 2.05) is 0 Å². The predicted molar refractivity (Wildman–Crippen MR) is 89.7 cm³/mol. The molecule has 0 atom stereocenters. The van der Waals surface area contributed by atoms with E-state index in [4.69, 9.17) is 16.7 Å². The summed E-state index contributed by atoms with van der Waals surface area (Å²) >= 11 is 9.09. The van der Waals surface area contributed by atoms with E-state index < -0.39 is 15.9 Å². The van der Waals surface area contributed by atoms with Gasteiger partial charge in [-0.1, -0.05) is 11.6 Å². The number of halogens is 2. The maximum atomic E-state index is 12.3. The second-order valence-electron chi connectivity index (χ2n) is 4.60. The van der Waals surface area contributed by atoms with Gasteiger partial charge in [0.2, 0.25) is 10.0 Å². The summed E-state index contributed by atoms with van der Waals surface area (Å²) in [7, 11) is -3.88. The summed E-state index contributed by atoms with van der Waals surface area (Å²) in [5.74, 6) is -0.456. The molecule has 116 valence electrons. The van der Waals surface area contributed by atoms with Gasteiger partial charge in [0.15, 0.2) is 0 Å². The summed E-state index contributed by atoms with van der Waals surface area (Å²) in [5.41, 5.74) is 1.54. The van der Waals surface area contributed by atoms with E-state index in [2.05, 4.69) is 21.2 Å². The zero-order chi connectivity index (χ0) is 16.5. The number of benzene rings is 2. The molecule has 0 spiro atoms. The van der Waals surface area contributed by atoms with E-state index in [0.29, 0.717) is 15.2 Å². The summed E-state index contributed by atoms with van der Waals surface area (Å²) in [6.45, 7) is 1.80. The summed E-state index contributed by atoms with van der Waals surface area (Å²) in [6.07, 6.45) is 0. The van der Waals surface area contributed by atoms with Gasteiger partial charge in [-0.25, -0.2) is 13.6 Å². The van der Waals surface area contributed by atoms with Gasteiger partial charge < -0.3 is 5.32 Å². The number of amides is 1. The van der Waals surface area contributed by atoms with E-state index >= 15 is 0 Å². The summed E-state index contributed by atoms with van der Waals surface area (Å²) in [4.78, 5) is 12.2. The average molecular weight is 404 g/mol. The fraction of sp³-hybridized carbons (Fsp3) is 0.0714. The van der Waals surface area contributed by atoms with Gasteiger partial charge in [0.25, 0.3) is 5.91 Å². The Bertz CT molecular complexity index is 853. The summed E-state index contributed by atoms with van der Waals surface area (Å²) < 4.78 is 23.2. The van der Waals surface area contributed by atoms with Crippen LogP contribution >= 0.6 is 27.5 Å². The quantitative estimate of drug-likeness (QED) is 0.824. The number of nitrogens with two attached hydrogens (primary N) is 1. The molecule has 0 unspecified atom stereocenters. The van der Waals surface area contributed by atoms with Gasteiger partial charge in [0.05, 0.1) is 10.5 Å². The lowest BCUT2D eigenvalue weighted by Crippen LogP contribution is -2.16. The number of anilines is 1. The number of hydrogen-bond acceptors (Lipinski definition) is 3. The molecule has 5 nitrogen and oxygen atoms in total. The standard InChI is InChI=1S/C14H12BrClN2O3S/c1-8-6-9(16)2-5-13(8)18-14(19)11-7-10(22(17,20)21)3-4-12(11)15/h2-7H,1H3,(H,18,19)(H2,17,20,21). The van der Waals surface area contributed by atoms with Gasteiger partial charge in [-0.15, -0.1) is 0 Å². The van der Waals surface area contributed by atoms with Crippen LogP contribution in [0.15, 0.2) is 45.8 Å². The molecular weight excluding hydrogens is 392 g/mol.